The molecule has 8 rings (SSSR count). The van der Waals surface area contributed by atoms with Crippen LogP contribution in [0.25, 0.3) is 44.1 Å². The molecule has 0 fully saturated rings. The number of aromatic nitrogens is 4. The van der Waals surface area contributed by atoms with E-state index in [-0.39, 0.29) is 11.8 Å². The van der Waals surface area contributed by atoms with Crippen LogP contribution in [0.3, 0.4) is 0 Å². The zero-order valence-electron chi connectivity index (χ0n) is 44.2. The molecule has 16 nitrogen and oxygen atoms in total. The average Bonchev–Trinajstić information content (AvgIpc) is 3.93. The van der Waals surface area contributed by atoms with E-state index in [4.69, 9.17) is 9.47 Å². The summed E-state index contributed by atoms with van der Waals surface area (Å²) in [5.74, 6) is 2.04. The number of nitrogens with zero attached hydrogens (tertiary/aromatic N) is 8. The Labute approximate surface area is 434 Å². The van der Waals surface area contributed by atoms with Gasteiger partial charge in [0.25, 0.3) is 0 Å². The number of likely N-dealkylation sites (N-methyl/N-ethyl adjacent to an activating group) is 4. The fraction of sp³-hybridized carbons (Fsp3) is 0.241. The minimum atomic E-state index is -0.283. The number of carbonyl (C=O) groups is 2. The van der Waals surface area contributed by atoms with Gasteiger partial charge in [-0.3, -0.25) is 9.59 Å². The summed E-state index contributed by atoms with van der Waals surface area (Å²) in [4.78, 5) is 42.0. The van der Waals surface area contributed by atoms with E-state index in [0.717, 1.165) is 59.8 Å². The molecular weight excluding hydrogens is 929 g/mol. The van der Waals surface area contributed by atoms with E-state index in [2.05, 4.69) is 110 Å². The van der Waals surface area contributed by atoms with E-state index < -0.39 is 0 Å². The second kappa shape index (κ2) is 24.2. The fourth-order valence-corrected chi connectivity index (χ4v) is 8.56. The summed E-state index contributed by atoms with van der Waals surface area (Å²) < 4.78 is 15.7. The van der Waals surface area contributed by atoms with E-state index in [1.807, 2.05) is 129 Å². The SMILES string of the molecule is C=CC(=O)Nc1cc(Nc2cc(-c3cn(C)c4ccccc34)ccn2)c(OC)cc1N(C)CCN(C)C.C=CC(=O)Nc1cc(Nc2cc(-c3cn(C)c4ccccc34)ccn2)c(OC)cc1N(C)CCN(C)C. The van der Waals surface area contributed by atoms with Crippen LogP contribution in [0.1, 0.15) is 0 Å². The van der Waals surface area contributed by atoms with E-state index in [1.54, 1.807) is 26.6 Å². The van der Waals surface area contributed by atoms with Crippen molar-refractivity contribution in [1.29, 1.82) is 0 Å². The molecular formula is C58H68N12O4. The third-order valence-corrected chi connectivity index (χ3v) is 12.6. The largest absolute Gasteiger partial charge is 0.494 e. The summed E-state index contributed by atoms with van der Waals surface area (Å²) in [6.07, 6.45) is 10.4. The van der Waals surface area contributed by atoms with Crippen LogP contribution < -0.4 is 40.5 Å². The number of carbonyl (C=O) groups excluding carboxylic acids is 2. The first-order valence-corrected chi connectivity index (χ1v) is 24.2. The maximum Gasteiger partial charge on any atom is 0.247 e. The van der Waals surface area contributed by atoms with Gasteiger partial charge in [-0.05, 0) is 100 Å². The predicted octanol–water partition coefficient (Wildman–Crippen LogP) is 10.2. The molecule has 0 unspecified atom stereocenters. The Balaban J connectivity index is 0.000000216. The normalized spacial score (nSPS) is 11.0. The van der Waals surface area contributed by atoms with Crippen molar-refractivity contribution in [1.82, 2.24) is 28.9 Å². The highest BCUT2D eigenvalue weighted by molar-refractivity contribution is 6.03. The van der Waals surface area contributed by atoms with Crippen LogP contribution in [0, 0.1) is 0 Å². The molecule has 74 heavy (non-hydrogen) atoms. The number of anilines is 8. The molecule has 0 radical (unpaired) electrons. The van der Waals surface area contributed by atoms with Gasteiger partial charge < -0.3 is 59.5 Å². The number of hydrogen-bond acceptors (Lipinski definition) is 12. The summed E-state index contributed by atoms with van der Waals surface area (Å²) in [6, 6.07) is 32.3. The lowest BCUT2D eigenvalue weighted by atomic mass is 10.1. The standard InChI is InChI=1S/2C29H34N6O2/c2*1-7-29(36)32-23-17-24(27(37-6)18-26(23)34(4)15-14-33(2)3)31-28-16-20(12-13-30-28)22-19-35(5)25-11-9-8-10-21(22)25/h2*7-13,16-19H,1,14-15H2,2-6H3,(H,30,31)(H,32,36). The van der Waals surface area contributed by atoms with Gasteiger partial charge in [-0.2, -0.15) is 0 Å². The molecule has 384 valence electrons. The van der Waals surface area contributed by atoms with Crippen molar-refractivity contribution in [3.63, 3.8) is 0 Å². The molecule has 4 heterocycles. The molecule has 0 atom stereocenters. The Hall–Kier alpha value is -8.60. The summed E-state index contributed by atoms with van der Waals surface area (Å²) in [5, 5.41) is 15.0. The molecule has 0 bridgehead atoms. The molecule has 4 aromatic heterocycles. The third kappa shape index (κ3) is 12.7. The van der Waals surface area contributed by atoms with Crippen LogP contribution in [-0.4, -0.2) is 123 Å². The van der Waals surface area contributed by atoms with Crippen molar-refractivity contribution in [3.8, 4) is 33.8 Å². The van der Waals surface area contributed by atoms with Crippen LogP contribution in [0.2, 0.25) is 0 Å². The number of aryl methyl sites for hydroxylation is 2. The smallest absolute Gasteiger partial charge is 0.247 e. The molecule has 0 saturated heterocycles. The molecule has 8 aromatic rings. The van der Waals surface area contributed by atoms with Crippen molar-refractivity contribution < 1.29 is 19.1 Å². The van der Waals surface area contributed by atoms with E-state index in [0.29, 0.717) is 45.9 Å². The highest BCUT2D eigenvalue weighted by atomic mass is 16.5. The first-order chi connectivity index (χ1) is 35.6. The number of hydrogen-bond donors (Lipinski definition) is 4. The molecule has 0 aliphatic carbocycles. The van der Waals surface area contributed by atoms with Crippen LogP contribution in [-0.2, 0) is 23.7 Å². The Morgan fingerprint density at radius 1 is 0.554 bits per heavy atom. The molecule has 0 aliphatic heterocycles. The Morgan fingerprint density at radius 2 is 0.946 bits per heavy atom. The molecule has 0 spiro atoms. The summed E-state index contributed by atoms with van der Waals surface area (Å²) in [7, 11) is 19.5. The number of nitrogens with one attached hydrogen (secondary N) is 4. The highest BCUT2D eigenvalue weighted by Crippen LogP contribution is 2.41. The number of benzene rings is 4. The molecule has 16 heteroatoms. The first kappa shape index (κ1) is 53.2. The van der Waals surface area contributed by atoms with E-state index >= 15 is 0 Å². The Bertz CT molecular complexity index is 3070. The topological polar surface area (TPSA) is 149 Å². The van der Waals surface area contributed by atoms with Crippen LogP contribution in [0.15, 0.2) is 147 Å². The van der Waals surface area contributed by atoms with Crippen molar-refractivity contribution in [2.24, 2.45) is 14.1 Å². The lowest BCUT2D eigenvalue weighted by molar-refractivity contribution is -0.112. The van der Waals surface area contributed by atoms with Crippen molar-refractivity contribution >= 4 is 79.4 Å². The van der Waals surface area contributed by atoms with Crippen molar-refractivity contribution in [3.05, 3.63) is 147 Å². The van der Waals surface area contributed by atoms with Crippen LogP contribution in [0.5, 0.6) is 11.5 Å². The molecule has 0 aliphatic rings. The second-order valence-electron chi connectivity index (χ2n) is 18.4. The molecule has 2 amide bonds. The van der Waals surface area contributed by atoms with Gasteiger partial charge in [-0.15, -0.1) is 0 Å². The monoisotopic (exact) mass is 997 g/mol. The number of amides is 2. The van der Waals surface area contributed by atoms with Crippen molar-refractivity contribution in [2.45, 2.75) is 0 Å². The van der Waals surface area contributed by atoms with Crippen LogP contribution >= 0.6 is 0 Å². The molecule has 4 aromatic carbocycles. The van der Waals surface area contributed by atoms with Gasteiger partial charge in [0, 0.05) is 124 Å². The maximum absolute atomic E-state index is 12.2. The zero-order chi connectivity index (χ0) is 53.1. The minimum absolute atomic E-state index is 0.283. The summed E-state index contributed by atoms with van der Waals surface area (Å²) >= 11 is 0. The van der Waals surface area contributed by atoms with Gasteiger partial charge >= 0.3 is 0 Å². The number of fused-ring (bicyclic) bond motifs is 2. The van der Waals surface area contributed by atoms with Gasteiger partial charge in [0.05, 0.1) is 48.3 Å². The highest BCUT2D eigenvalue weighted by Gasteiger charge is 2.19. The van der Waals surface area contributed by atoms with Crippen LogP contribution in [0.4, 0.5) is 45.8 Å². The lowest BCUT2D eigenvalue weighted by Crippen LogP contribution is -2.29. The van der Waals surface area contributed by atoms with E-state index in [9.17, 15) is 9.59 Å². The number of methoxy groups -OCH3 is 2. The first-order valence-electron chi connectivity index (χ1n) is 24.2. The lowest BCUT2D eigenvalue weighted by Gasteiger charge is -2.26. The number of ether oxygens (including phenoxy) is 2. The summed E-state index contributed by atoms with van der Waals surface area (Å²) in [5.41, 5.74) is 11.1. The van der Waals surface area contributed by atoms with Gasteiger partial charge in [0.15, 0.2) is 0 Å². The van der Waals surface area contributed by atoms with Gasteiger partial charge in [-0.25, -0.2) is 9.97 Å². The minimum Gasteiger partial charge on any atom is -0.494 e. The number of para-hydroxylation sites is 2. The predicted molar refractivity (Wildman–Crippen MR) is 306 cm³/mol. The van der Waals surface area contributed by atoms with Gasteiger partial charge in [-0.1, -0.05) is 49.6 Å². The molecule has 4 N–H and O–H groups in total. The number of rotatable bonds is 20. The Kier molecular flexibility index (Phi) is 17.4. The maximum atomic E-state index is 12.2. The second-order valence-corrected chi connectivity index (χ2v) is 18.4. The average molecular weight is 997 g/mol. The quantitative estimate of drug-likeness (QED) is 0.0539. The number of pyridine rings is 2. The molecule has 0 saturated carbocycles. The summed E-state index contributed by atoms with van der Waals surface area (Å²) in [6.45, 7) is 10.4. The van der Waals surface area contributed by atoms with Gasteiger partial charge in [0.1, 0.15) is 23.1 Å². The van der Waals surface area contributed by atoms with Crippen molar-refractivity contribution in [2.75, 3.05) is 114 Å². The Morgan fingerprint density at radius 3 is 1.31 bits per heavy atom. The van der Waals surface area contributed by atoms with E-state index in [1.165, 1.54) is 34.0 Å². The fourth-order valence-electron chi connectivity index (χ4n) is 8.56. The zero-order valence-corrected chi connectivity index (χ0v) is 44.2. The van der Waals surface area contributed by atoms with Gasteiger partial charge in [0.2, 0.25) is 11.8 Å². The third-order valence-electron chi connectivity index (χ3n) is 12.6.